The quantitative estimate of drug-likeness (QED) is 0.830. The Balaban J connectivity index is 2.11. The molecule has 0 radical (unpaired) electrons. The zero-order chi connectivity index (χ0) is 15.2. The first-order chi connectivity index (χ1) is 9.90. The molecule has 3 rings (SSSR count). The van der Waals surface area contributed by atoms with Gasteiger partial charge in [0.25, 0.3) is 0 Å². The monoisotopic (exact) mass is 304 g/mol. The molecule has 116 valence electrons. The zero-order valence-electron chi connectivity index (χ0n) is 13.7. The van der Waals surface area contributed by atoms with Crippen LogP contribution in [0, 0.1) is 0 Å². The van der Waals surface area contributed by atoms with Crippen LogP contribution in [-0.4, -0.2) is 15.6 Å². The summed E-state index contributed by atoms with van der Waals surface area (Å²) in [6, 6.07) is 6.63. The third-order valence-corrected chi connectivity index (χ3v) is 6.74. The van der Waals surface area contributed by atoms with Gasteiger partial charge in [0.1, 0.15) is 0 Å². The van der Waals surface area contributed by atoms with Gasteiger partial charge in [-0.2, -0.15) is 11.8 Å². The number of hydrogen-bond donors (Lipinski definition) is 1. The van der Waals surface area contributed by atoms with E-state index in [4.69, 9.17) is 0 Å². The molecule has 1 aromatic rings. The van der Waals surface area contributed by atoms with E-state index in [-0.39, 0.29) is 0 Å². The third-order valence-electron chi connectivity index (χ3n) is 5.16. The maximum atomic E-state index is 11.6. The minimum Gasteiger partial charge on any atom is -0.385 e. The number of benzene rings is 1. The number of rotatable bonds is 3. The molecular formula is C19H28OS. The Morgan fingerprint density at radius 1 is 1.00 bits per heavy atom. The Hall–Kier alpha value is -0.470. The highest BCUT2D eigenvalue weighted by Crippen LogP contribution is 2.53. The highest BCUT2D eigenvalue weighted by atomic mass is 32.2. The van der Waals surface area contributed by atoms with Gasteiger partial charge in [-0.1, -0.05) is 45.9 Å². The van der Waals surface area contributed by atoms with E-state index in [1.165, 1.54) is 29.5 Å². The predicted octanol–water partition coefficient (Wildman–Crippen LogP) is 5.18. The fourth-order valence-corrected chi connectivity index (χ4v) is 6.04. The van der Waals surface area contributed by atoms with Crippen molar-refractivity contribution < 1.29 is 5.11 Å². The van der Waals surface area contributed by atoms with E-state index < -0.39 is 5.60 Å². The molecule has 21 heavy (non-hydrogen) atoms. The summed E-state index contributed by atoms with van der Waals surface area (Å²) in [4.78, 5) is 0. The second-order valence-corrected chi connectivity index (χ2v) is 9.12. The zero-order valence-corrected chi connectivity index (χ0v) is 14.5. The van der Waals surface area contributed by atoms with Crippen LogP contribution >= 0.6 is 11.8 Å². The molecule has 2 unspecified atom stereocenters. The standard InChI is InChI=1S/C19H28OS/c1-12(2)16-6-5-7-17(13(3)4)18(16)19(20)10-14-8-9-15(11-19)21-14/h5-7,12-15,20H,8-11H2,1-4H3. The molecule has 1 aromatic carbocycles. The minimum absolute atomic E-state index is 0.468. The summed E-state index contributed by atoms with van der Waals surface area (Å²) in [7, 11) is 0. The lowest BCUT2D eigenvalue weighted by atomic mass is 9.76. The van der Waals surface area contributed by atoms with Crippen molar-refractivity contribution in [1.29, 1.82) is 0 Å². The van der Waals surface area contributed by atoms with E-state index in [1.807, 2.05) is 0 Å². The Bertz CT molecular complexity index is 482. The molecular weight excluding hydrogens is 276 g/mol. The number of hydrogen-bond acceptors (Lipinski definition) is 2. The highest BCUT2D eigenvalue weighted by molar-refractivity contribution is 8.00. The summed E-state index contributed by atoms with van der Waals surface area (Å²) < 4.78 is 0. The summed E-state index contributed by atoms with van der Waals surface area (Å²) in [5.74, 6) is 0.935. The van der Waals surface area contributed by atoms with Crippen molar-refractivity contribution in [2.24, 2.45) is 0 Å². The molecule has 1 N–H and O–H groups in total. The van der Waals surface area contributed by atoms with Crippen molar-refractivity contribution in [2.45, 2.75) is 81.3 Å². The second-order valence-electron chi connectivity index (χ2n) is 7.52. The van der Waals surface area contributed by atoms with Crippen LogP contribution < -0.4 is 0 Å². The molecule has 2 bridgehead atoms. The molecule has 2 atom stereocenters. The predicted molar refractivity (Wildman–Crippen MR) is 92.2 cm³/mol. The molecule has 0 aliphatic carbocycles. The number of aliphatic hydroxyl groups is 1. The molecule has 2 aliphatic rings. The van der Waals surface area contributed by atoms with Crippen LogP contribution in [0.15, 0.2) is 18.2 Å². The maximum Gasteiger partial charge on any atom is 0.0923 e. The van der Waals surface area contributed by atoms with Crippen LogP contribution in [0.5, 0.6) is 0 Å². The van der Waals surface area contributed by atoms with Gasteiger partial charge in [0.2, 0.25) is 0 Å². The van der Waals surface area contributed by atoms with Crippen LogP contribution in [0.1, 0.15) is 81.9 Å². The van der Waals surface area contributed by atoms with E-state index in [2.05, 4.69) is 57.7 Å². The Labute approximate surface area is 133 Å². The largest absolute Gasteiger partial charge is 0.385 e. The van der Waals surface area contributed by atoms with Gasteiger partial charge in [-0.15, -0.1) is 0 Å². The van der Waals surface area contributed by atoms with Crippen molar-refractivity contribution in [3.8, 4) is 0 Å². The molecule has 0 saturated carbocycles. The van der Waals surface area contributed by atoms with Crippen molar-refractivity contribution in [1.82, 2.24) is 0 Å². The Morgan fingerprint density at radius 3 is 1.90 bits per heavy atom. The molecule has 2 heteroatoms. The van der Waals surface area contributed by atoms with Crippen molar-refractivity contribution in [3.63, 3.8) is 0 Å². The van der Waals surface area contributed by atoms with Gasteiger partial charge in [-0.3, -0.25) is 0 Å². The van der Waals surface area contributed by atoms with Crippen molar-refractivity contribution in [2.75, 3.05) is 0 Å². The third kappa shape index (κ3) is 2.77. The van der Waals surface area contributed by atoms with Crippen LogP contribution in [0.2, 0.25) is 0 Å². The van der Waals surface area contributed by atoms with Crippen LogP contribution in [0.3, 0.4) is 0 Å². The number of thioether (sulfide) groups is 1. The summed E-state index contributed by atoms with van der Waals surface area (Å²) in [5, 5.41) is 12.9. The smallest absolute Gasteiger partial charge is 0.0923 e. The Kier molecular flexibility index (Phi) is 4.13. The first kappa shape index (κ1) is 15.4. The number of fused-ring (bicyclic) bond motifs is 2. The fourth-order valence-electron chi connectivity index (χ4n) is 4.21. The minimum atomic E-state index is -0.600. The van der Waals surface area contributed by atoms with E-state index >= 15 is 0 Å². The van der Waals surface area contributed by atoms with Gasteiger partial charge in [-0.25, -0.2) is 0 Å². The topological polar surface area (TPSA) is 20.2 Å². The average molecular weight is 304 g/mol. The summed E-state index contributed by atoms with van der Waals surface area (Å²) in [6.07, 6.45) is 4.46. The molecule has 2 fully saturated rings. The van der Waals surface area contributed by atoms with Gasteiger partial charge >= 0.3 is 0 Å². The highest BCUT2D eigenvalue weighted by Gasteiger charge is 2.46. The maximum absolute atomic E-state index is 11.6. The fraction of sp³-hybridized carbons (Fsp3) is 0.684. The molecule has 0 amide bonds. The van der Waals surface area contributed by atoms with Crippen LogP contribution in [0.4, 0.5) is 0 Å². The van der Waals surface area contributed by atoms with Crippen molar-refractivity contribution >= 4 is 11.8 Å². The van der Waals surface area contributed by atoms with Crippen LogP contribution in [0.25, 0.3) is 0 Å². The summed E-state index contributed by atoms with van der Waals surface area (Å²) in [6.45, 7) is 8.99. The van der Waals surface area contributed by atoms with E-state index in [0.29, 0.717) is 22.3 Å². The second kappa shape index (κ2) is 5.62. The molecule has 0 aromatic heterocycles. The van der Waals surface area contributed by atoms with Crippen molar-refractivity contribution in [3.05, 3.63) is 34.9 Å². The van der Waals surface area contributed by atoms with E-state index in [9.17, 15) is 5.11 Å². The lowest BCUT2D eigenvalue weighted by Gasteiger charge is -2.40. The first-order valence-corrected chi connectivity index (χ1v) is 9.36. The lowest BCUT2D eigenvalue weighted by molar-refractivity contribution is 0.0175. The van der Waals surface area contributed by atoms with E-state index in [0.717, 1.165) is 12.8 Å². The van der Waals surface area contributed by atoms with Gasteiger partial charge in [0.15, 0.2) is 0 Å². The molecule has 2 aliphatic heterocycles. The summed E-state index contributed by atoms with van der Waals surface area (Å²) in [5.41, 5.74) is 3.38. The molecule has 2 saturated heterocycles. The van der Waals surface area contributed by atoms with Gasteiger partial charge in [0.05, 0.1) is 5.60 Å². The SMILES string of the molecule is CC(C)c1cccc(C(C)C)c1C1(O)CC2CCC(C1)S2. The van der Waals surface area contributed by atoms with Gasteiger partial charge in [-0.05, 0) is 54.2 Å². The van der Waals surface area contributed by atoms with Crippen LogP contribution in [-0.2, 0) is 5.60 Å². The summed E-state index contributed by atoms with van der Waals surface area (Å²) >= 11 is 2.12. The molecule has 2 heterocycles. The Morgan fingerprint density at radius 2 is 1.48 bits per heavy atom. The van der Waals surface area contributed by atoms with E-state index in [1.54, 1.807) is 0 Å². The molecule has 1 nitrogen and oxygen atoms in total. The average Bonchev–Trinajstić information content (AvgIpc) is 2.77. The van der Waals surface area contributed by atoms with Gasteiger partial charge < -0.3 is 5.11 Å². The lowest BCUT2D eigenvalue weighted by Crippen LogP contribution is -2.37. The first-order valence-electron chi connectivity index (χ1n) is 8.42. The molecule has 0 spiro atoms. The van der Waals surface area contributed by atoms with Gasteiger partial charge in [0, 0.05) is 10.5 Å². The normalized spacial score (nSPS) is 32.1.